The molecule has 0 aliphatic rings. The molecule has 10 heteroatoms. The Bertz CT molecular complexity index is 1230. The summed E-state index contributed by atoms with van der Waals surface area (Å²) < 4.78 is 39.4. The van der Waals surface area contributed by atoms with E-state index in [-0.39, 0.29) is 23.0 Å². The number of benzene rings is 2. The highest BCUT2D eigenvalue weighted by Crippen LogP contribution is 2.34. The minimum absolute atomic E-state index is 0.00311. The van der Waals surface area contributed by atoms with Crippen molar-refractivity contribution in [2.45, 2.75) is 32.1 Å². The SMILES string of the molecule is CCN(CC)CCN(C(=O)CCS(=O)(=O)c1ccc(F)cc1)c1nc2c(C)c(Cl)ccc2s1. The number of nitrogens with zero attached hydrogens (tertiary/aromatic N) is 3. The van der Waals surface area contributed by atoms with Crippen molar-refractivity contribution in [1.82, 2.24) is 9.88 Å². The van der Waals surface area contributed by atoms with E-state index in [1.165, 1.54) is 23.5 Å². The first-order valence-electron chi connectivity index (χ1n) is 10.7. The number of hydrogen-bond acceptors (Lipinski definition) is 6. The summed E-state index contributed by atoms with van der Waals surface area (Å²) in [4.78, 5) is 21.6. The van der Waals surface area contributed by atoms with E-state index in [0.29, 0.717) is 23.2 Å². The molecule has 0 spiro atoms. The van der Waals surface area contributed by atoms with Gasteiger partial charge >= 0.3 is 0 Å². The fourth-order valence-electron chi connectivity index (χ4n) is 3.43. The maximum Gasteiger partial charge on any atom is 0.229 e. The highest BCUT2D eigenvalue weighted by atomic mass is 35.5. The van der Waals surface area contributed by atoms with Gasteiger partial charge in [-0.2, -0.15) is 0 Å². The molecule has 0 aliphatic heterocycles. The summed E-state index contributed by atoms with van der Waals surface area (Å²) in [6, 6.07) is 8.30. The van der Waals surface area contributed by atoms with E-state index in [2.05, 4.69) is 9.88 Å². The number of anilines is 1. The third-order valence-electron chi connectivity index (χ3n) is 5.56. The molecule has 0 atom stereocenters. The van der Waals surface area contributed by atoms with Gasteiger partial charge in [-0.15, -0.1) is 0 Å². The quantitative estimate of drug-likeness (QED) is 0.361. The second-order valence-corrected chi connectivity index (χ2v) is 11.1. The normalized spacial score (nSPS) is 11.9. The Labute approximate surface area is 202 Å². The zero-order valence-electron chi connectivity index (χ0n) is 18.8. The van der Waals surface area contributed by atoms with Crippen LogP contribution in [-0.4, -0.2) is 56.1 Å². The van der Waals surface area contributed by atoms with Crippen molar-refractivity contribution < 1.29 is 17.6 Å². The smallest absolute Gasteiger partial charge is 0.229 e. The predicted octanol–water partition coefficient (Wildman–Crippen LogP) is 4.94. The van der Waals surface area contributed by atoms with Crippen molar-refractivity contribution in [1.29, 1.82) is 0 Å². The predicted molar refractivity (Wildman–Crippen MR) is 133 cm³/mol. The van der Waals surface area contributed by atoms with Gasteiger partial charge in [0.05, 0.1) is 20.9 Å². The molecular weight excluding hydrogens is 485 g/mol. The molecule has 0 radical (unpaired) electrons. The molecule has 1 aromatic heterocycles. The minimum Gasteiger partial charge on any atom is -0.302 e. The first kappa shape index (κ1) is 25.6. The third kappa shape index (κ3) is 6.09. The Morgan fingerprint density at radius 3 is 2.39 bits per heavy atom. The van der Waals surface area contributed by atoms with E-state index in [4.69, 9.17) is 11.6 Å². The molecule has 0 bridgehead atoms. The summed E-state index contributed by atoms with van der Waals surface area (Å²) in [5.74, 6) is -1.20. The van der Waals surface area contributed by atoms with Crippen LogP contribution in [0.2, 0.25) is 5.02 Å². The van der Waals surface area contributed by atoms with Crippen LogP contribution in [0.4, 0.5) is 9.52 Å². The molecule has 0 N–H and O–H groups in total. The van der Waals surface area contributed by atoms with E-state index >= 15 is 0 Å². The fourth-order valence-corrected chi connectivity index (χ4v) is 5.88. The van der Waals surface area contributed by atoms with Gasteiger partial charge in [0.15, 0.2) is 15.0 Å². The van der Waals surface area contributed by atoms with Gasteiger partial charge < -0.3 is 4.90 Å². The van der Waals surface area contributed by atoms with Crippen LogP contribution in [0, 0.1) is 12.7 Å². The van der Waals surface area contributed by atoms with Crippen LogP contribution in [0.15, 0.2) is 41.3 Å². The second-order valence-electron chi connectivity index (χ2n) is 7.61. The van der Waals surface area contributed by atoms with Crippen LogP contribution in [0.1, 0.15) is 25.8 Å². The standard InChI is InChI=1S/C23H27ClFN3O3S2/c1-4-27(5-2)13-14-28(23-26-22-16(3)19(24)10-11-20(22)32-23)21(29)12-15-33(30,31)18-8-6-17(25)7-9-18/h6-11H,4-5,12-15H2,1-3H3. The van der Waals surface area contributed by atoms with Gasteiger partial charge in [0, 0.05) is 24.5 Å². The maximum atomic E-state index is 13.2. The van der Waals surface area contributed by atoms with Crippen LogP contribution in [0.25, 0.3) is 10.2 Å². The molecule has 1 amide bonds. The van der Waals surface area contributed by atoms with Gasteiger partial charge in [-0.05, 0) is 62.0 Å². The van der Waals surface area contributed by atoms with Crippen LogP contribution in [0.3, 0.4) is 0 Å². The molecular formula is C23H27ClFN3O3S2. The molecule has 3 aromatic rings. The molecule has 33 heavy (non-hydrogen) atoms. The Morgan fingerprint density at radius 2 is 1.76 bits per heavy atom. The van der Waals surface area contributed by atoms with E-state index in [9.17, 15) is 17.6 Å². The van der Waals surface area contributed by atoms with Gasteiger partial charge in [-0.1, -0.05) is 36.8 Å². The molecule has 0 saturated carbocycles. The minimum atomic E-state index is -3.72. The highest BCUT2D eigenvalue weighted by Gasteiger charge is 2.24. The number of aryl methyl sites for hydroxylation is 1. The Morgan fingerprint density at radius 1 is 1.09 bits per heavy atom. The number of aromatic nitrogens is 1. The summed E-state index contributed by atoms with van der Waals surface area (Å²) in [6.45, 7) is 8.69. The fraction of sp³-hybridized carbons (Fsp3) is 0.391. The van der Waals surface area contributed by atoms with Crippen molar-refractivity contribution in [3.63, 3.8) is 0 Å². The highest BCUT2D eigenvalue weighted by molar-refractivity contribution is 7.91. The molecule has 6 nitrogen and oxygen atoms in total. The topological polar surface area (TPSA) is 70.6 Å². The van der Waals surface area contributed by atoms with Crippen molar-refractivity contribution in [2.24, 2.45) is 0 Å². The van der Waals surface area contributed by atoms with Crippen molar-refractivity contribution >= 4 is 54.0 Å². The number of sulfone groups is 1. The number of thiazole rings is 1. The number of halogens is 2. The Hall–Kier alpha value is -2.07. The molecule has 178 valence electrons. The molecule has 0 unspecified atom stereocenters. The first-order chi connectivity index (χ1) is 15.7. The summed E-state index contributed by atoms with van der Waals surface area (Å²) in [6.07, 6.45) is -0.201. The monoisotopic (exact) mass is 511 g/mol. The molecule has 3 rings (SSSR count). The average molecular weight is 512 g/mol. The lowest BCUT2D eigenvalue weighted by atomic mass is 10.2. The molecule has 0 aliphatic carbocycles. The van der Waals surface area contributed by atoms with Crippen LogP contribution < -0.4 is 4.90 Å². The molecule has 2 aromatic carbocycles. The third-order valence-corrected chi connectivity index (χ3v) is 8.75. The lowest BCUT2D eigenvalue weighted by Crippen LogP contribution is -2.39. The summed E-state index contributed by atoms with van der Waals surface area (Å²) in [7, 11) is -3.72. The van der Waals surface area contributed by atoms with E-state index in [1.54, 1.807) is 11.0 Å². The van der Waals surface area contributed by atoms with Gasteiger partial charge in [0.25, 0.3) is 0 Å². The Kier molecular flexibility index (Phi) is 8.44. The summed E-state index contributed by atoms with van der Waals surface area (Å²) >= 11 is 7.61. The lowest BCUT2D eigenvalue weighted by Gasteiger charge is -2.24. The zero-order valence-corrected chi connectivity index (χ0v) is 21.2. The number of fused-ring (bicyclic) bond motifs is 1. The summed E-state index contributed by atoms with van der Waals surface area (Å²) in [5.41, 5.74) is 1.58. The number of carbonyl (C=O) groups excluding carboxylic acids is 1. The number of rotatable bonds is 10. The van der Waals surface area contributed by atoms with E-state index < -0.39 is 15.7 Å². The average Bonchev–Trinajstić information content (AvgIpc) is 3.23. The largest absolute Gasteiger partial charge is 0.302 e. The van der Waals surface area contributed by atoms with Gasteiger partial charge in [0.2, 0.25) is 5.91 Å². The number of carbonyl (C=O) groups is 1. The van der Waals surface area contributed by atoms with Crippen LogP contribution >= 0.6 is 22.9 Å². The van der Waals surface area contributed by atoms with Crippen molar-refractivity contribution in [3.05, 3.63) is 52.8 Å². The number of likely N-dealkylation sites (N-methyl/N-ethyl adjacent to an activating group) is 1. The number of hydrogen-bond donors (Lipinski definition) is 0. The molecule has 1 heterocycles. The van der Waals surface area contributed by atoms with Gasteiger partial charge in [-0.25, -0.2) is 17.8 Å². The van der Waals surface area contributed by atoms with Crippen molar-refractivity contribution in [3.8, 4) is 0 Å². The lowest BCUT2D eigenvalue weighted by molar-refractivity contribution is -0.118. The summed E-state index contributed by atoms with van der Waals surface area (Å²) in [5, 5.41) is 1.12. The molecule has 0 fully saturated rings. The van der Waals surface area contributed by atoms with Crippen LogP contribution in [-0.2, 0) is 14.6 Å². The van der Waals surface area contributed by atoms with Crippen molar-refractivity contribution in [2.75, 3.05) is 36.8 Å². The number of amides is 1. The second kappa shape index (κ2) is 10.9. The molecule has 0 saturated heterocycles. The van der Waals surface area contributed by atoms with E-state index in [0.717, 1.165) is 41.0 Å². The van der Waals surface area contributed by atoms with Crippen LogP contribution in [0.5, 0.6) is 0 Å². The zero-order chi connectivity index (χ0) is 24.2. The Balaban J connectivity index is 1.85. The maximum absolute atomic E-state index is 13.2. The van der Waals surface area contributed by atoms with Gasteiger partial charge in [-0.3, -0.25) is 9.69 Å². The first-order valence-corrected chi connectivity index (χ1v) is 13.6. The van der Waals surface area contributed by atoms with Gasteiger partial charge in [0.1, 0.15) is 5.82 Å². The van der Waals surface area contributed by atoms with E-state index in [1.807, 2.05) is 26.8 Å².